The smallest absolute Gasteiger partial charge is 0.0804 e. The van der Waals surface area contributed by atoms with Gasteiger partial charge in [0.15, 0.2) is 0 Å². The van der Waals surface area contributed by atoms with Gasteiger partial charge in [-0.25, -0.2) is 0 Å². The fraction of sp³-hybridized carbons (Fsp3) is 0.346. The molecule has 0 N–H and O–H groups in total. The Morgan fingerprint density at radius 1 is 0.857 bits per heavy atom. The summed E-state index contributed by atoms with van der Waals surface area (Å²) < 4.78 is 0. The second-order valence-electron chi connectivity index (χ2n) is 9.28. The van der Waals surface area contributed by atoms with Gasteiger partial charge in [0.25, 0.3) is 0 Å². The zero-order valence-corrected chi connectivity index (χ0v) is 18.4. The molecule has 1 aliphatic rings. The van der Waals surface area contributed by atoms with E-state index in [9.17, 15) is 0 Å². The first-order chi connectivity index (χ1) is 13.5. The van der Waals surface area contributed by atoms with E-state index in [1.807, 2.05) is 0 Å². The van der Waals surface area contributed by atoms with E-state index in [2.05, 4.69) is 86.5 Å². The van der Waals surface area contributed by atoms with Crippen molar-refractivity contribution in [1.82, 2.24) is 4.98 Å². The highest BCUT2D eigenvalue weighted by Crippen LogP contribution is 2.30. The molecule has 1 aromatic heterocycles. The predicted molar refractivity (Wildman–Crippen MR) is 124 cm³/mol. The number of hydrogen-bond acceptors (Lipinski definition) is 1. The monoisotopic (exact) mass is 385 g/mol. The number of benzene rings is 2. The molecule has 2 aromatic carbocycles. The SMILES string of the molecule is C[Si](C)(C)c1cnc(-c2ccccc2)cc1-c1ccc(CC2CCCC2)cc1. The van der Waals surface area contributed by atoms with Crippen LogP contribution in [-0.2, 0) is 6.42 Å². The summed E-state index contributed by atoms with van der Waals surface area (Å²) in [5.41, 5.74) is 6.42. The predicted octanol–water partition coefficient (Wildman–Crippen LogP) is 6.69. The van der Waals surface area contributed by atoms with E-state index < -0.39 is 8.07 Å². The molecule has 1 fully saturated rings. The fourth-order valence-corrected chi connectivity index (χ4v) is 5.90. The van der Waals surface area contributed by atoms with Crippen LogP contribution < -0.4 is 5.19 Å². The van der Waals surface area contributed by atoms with Crippen LogP contribution in [0.25, 0.3) is 22.4 Å². The van der Waals surface area contributed by atoms with Crippen molar-refractivity contribution in [2.24, 2.45) is 5.92 Å². The van der Waals surface area contributed by atoms with E-state index >= 15 is 0 Å². The Balaban J connectivity index is 1.70. The lowest BCUT2D eigenvalue weighted by Crippen LogP contribution is -2.39. The van der Waals surface area contributed by atoms with E-state index in [0.29, 0.717) is 0 Å². The molecule has 2 heteroatoms. The van der Waals surface area contributed by atoms with Crippen molar-refractivity contribution >= 4 is 13.3 Å². The van der Waals surface area contributed by atoms with E-state index in [1.54, 1.807) is 0 Å². The lowest BCUT2D eigenvalue weighted by Gasteiger charge is -2.22. The molecule has 1 heterocycles. The Kier molecular flexibility index (Phi) is 5.50. The third kappa shape index (κ3) is 4.28. The Bertz CT molecular complexity index is 917. The lowest BCUT2D eigenvalue weighted by atomic mass is 9.96. The van der Waals surface area contributed by atoms with Crippen LogP contribution in [0.5, 0.6) is 0 Å². The summed E-state index contributed by atoms with van der Waals surface area (Å²) in [7, 11) is -1.49. The molecule has 0 unspecified atom stereocenters. The number of aromatic nitrogens is 1. The average Bonchev–Trinajstić information content (AvgIpc) is 3.21. The van der Waals surface area contributed by atoms with Crippen molar-refractivity contribution < 1.29 is 0 Å². The summed E-state index contributed by atoms with van der Waals surface area (Å²) in [5.74, 6) is 0.897. The summed E-state index contributed by atoms with van der Waals surface area (Å²) in [4.78, 5) is 4.82. The number of pyridine rings is 1. The van der Waals surface area contributed by atoms with Crippen LogP contribution in [0, 0.1) is 5.92 Å². The molecule has 0 radical (unpaired) electrons. The van der Waals surface area contributed by atoms with Crippen LogP contribution in [0.2, 0.25) is 19.6 Å². The zero-order chi connectivity index (χ0) is 19.6. The first-order valence-electron chi connectivity index (χ1n) is 10.7. The molecular formula is C26H31NSi. The maximum Gasteiger partial charge on any atom is 0.0804 e. The van der Waals surface area contributed by atoms with Crippen molar-refractivity contribution in [1.29, 1.82) is 0 Å². The first-order valence-corrected chi connectivity index (χ1v) is 14.2. The first kappa shape index (κ1) is 19.1. The molecule has 0 aliphatic heterocycles. The van der Waals surface area contributed by atoms with E-state index in [4.69, 9.17) is 4.98 Å². The second-order valence-corrected chi connectivity index (χ2v) is 14.3. The summed E-state index contributed by atoms with van der Waals surface area (Å²) in [6.45, 7) is 7.22. The van der Waals surface area contributed by atoms with Crippen molar-refractivity contribution in [3.63, 3.8) is 0 Å². The van der Waals surface area contributed by atoms with Gasteiger partial charge < -0.3 is 0 Å². The minimum Gasteiger partial charge on any atom is -0.256 e. The van der Waals surface area contributed by atoms with Gasteiger partial charge in [-0.2, -0.15) is 0 Å². The van der Waals surface area contributed by atoms with Gasteiger partial charge in [-0.05, 0) is 40.3 Å². The standard InChI is InChI=1S/C26H31NSi/c1-28(2,3)26-19-27-25(23-11-5-4-6-12-23)18-24(26)22-15-13-21(14-16-22)17-20-9-7-8-10-20/h4-6,11-16,18-20H,7-10,17H2,1-3H3. The molecule has 0 atom stereocenters. The van der Waals surface area contributed by atoms with Crippen molar-refractivity contribution in [2.75, 3.05) is 0 Å². The van der Waals surface area contributed by atoms with Crippen LogP contribution in [0.15, 0.2) is 66.9 Å². The molecule has 3 aromatic rings. The van der Waals surface area contributed by atoms with Crippen LogP contribution in [0.4, 0.5) is 0 Å². The summed E-state index contributed by atoms with van der Waals surface area (Å²) >= 11 is 0. The van der Waals surface area contributed by atoms with Crippen molar-refractivity contribution in [2.45, 2.75) is 51.7 Å². The van der Waals surface area contributed by atoms with Gasteiger partial charge in [-0.1, -0.05) is 99.9 Å². The minimum absolute atomic E-state index is 0.897. The van der Waals surface area contributed by atoms with Crippen LogP contribution in [0.3, 0.4) is 0 Å². The van der Waals surface area contributed by atoms with Gasteiger partial charge in [-0.15, -0.1) is 0 Å². The molecule has 1 aliphatic carbocycles. The summed E-state index contributed by atoms with van der Waals surface area (Å²) in [6, 6.07) is 22.2. The highest BCUT2D eigenvalue weighted by molar-refractivity contribution is 6.89. The molecule has 0 spiro atoms. The van der Waals surface area contributed by atoms with Crippen molar-refractivity contribution in [3.8, 4) is 22.4 Å². The van der Waals surface area contributed by atoms with Gasteiger partial charge in [0.1, 0.15) is 0 Å². The number of hydrogen-bond donors (Lipinski definition) is 0. The van der Waals surface area contributed by atoms with E-state index in [-0.39, 0.29) is 0 Å². The second kappa shape index (κ2) is 8.04. The molecule has 0 saturated heterocycles. The molecule has 144 valence electrons. The third-order valence-electron chi connectivity index (χ3n) is 6.05. The van der Waals surface area contributed by atoms with Gasteiger partial charge in [0, 0.05) is 11.8 Å². The molecule has 4 rings (SSSR count). The normalized spacial score (nSPS) is 15.1. The quantitative estimate of drug-likeness (QED) is 0.446. The summed E-state index contributed by atoms with van der Waals surface area (Å²) in [5, 5.41) is 1.44. The molecule has 1 saturated carbocycles. The minimum atomic E-state index is -1.49. The Hall–Kier alpha value is -2.19. The van der Waals surface area contributed by atoms with E-state index in [0.717, 1.165) is 11.6 Å². The summed E-state index contributed by atoms with van der Waals surface area (Å²) in [6.07, 6.45) is 9.03. The number of rotatable bonds is 5. The molecular weight excluding hydrogens is 354 g/mol. The molecule has 28 heavy (non-hydrogen) atoms. The molecule has 0 bridgehead atoms. The van der Waals surface area contributed by atoms with Gasteiger partial charge in [0.05, 0.1) is 13.8 Å². The Morgan fingerprint density at radius 3 is 2.18 bits per heavy atom. The van der Waals surface area contributed by atoms with Crippen LogP contribution >= 0.6 is 0 Å². The Morgan fingerprint density at radius 2 is 1.54 bits per heavy atom. The topological polar surface area (TPSA) is 12.9 Å². The van der Waals surface area contributed by atoms with Gasteiger partial charge in [0.2, 0.25) is 0 Å². The molecule has 0 amide bonds. The van der Waals surface area contributed by atoms with E-state index in [1.165, 1.54) is 59.5 Å². The fourth-order valence-electron chi connectivity index (χ4n) is 4.43. The van der Waals surface area contributed by atoms with Crippen LogP contribution in [0.1, 0.15) is 31.2 Å². The largest absolute Gasteiger partial charge is 0.256 e. The Labute approximate surface area is 170 Å². The zero-order valence-electron chi connectivity index (χ0n) is 17.4. The lowest BCUT2D eigenvalue weighted by molar-refractivity contribution is 0.546. The average molecular weight is 386 g/mol. The van der Waals surface area contributed by atoms with Gasteiger partial charge >= 0.3 is 0 Å². The van der Waals surface area contributed by atoms with Crippen LogP contribution in [-0.4, -0.2) is 13.1 Å². The number of nitrogens with zero attached hydrogens (tertiary/aromatic N) is 1. The highest BCUT2D eigenvalue weighted by Gasteiger charge is 2.22. The molecule has 1 nitrogen and oxygen atoms in total. The maximum absolute atomic E-state index is 4.82. The highest BCUT2D eigenvalue weighted by atomic mass is 28.3. The van der Waals surface area contributed by atoms with Gasteiger partial charge in [-0.3, -0.25) is 4.98 Å². The van der Waals surface area contributed by atoms with Crippen molar-refractivity contribution in [3.05, 3.63) is 72.4 Å². The third-order valence-corrected chi connectivity index (χ3v) is 8.06. The maximum atomic E-state index is 4.82.